The molecule has 5 N–H and O–H groups in total. The molecular weight excluding hydrogens is 570 g/mol. The molecule has 2 aromatic rings. The molecule has 2 aliphatic rings. The maximum Gasteiger partial charge on any atom is 0.315 e. The van der Waals surface area contributed by atoms with E-state index in [4.69, 9.17) is 9.47 Å². The maximum absolute atomic E-state index is 12.6. The Morgan fingerprint density at radius 3 is 2.47 bits per heavy atom. The Balaban J connectivity index is 0.979. The first-order valence-electron chi connectivity index (χ1n) is 14.8. The maximum atomic E-state index is 12.6. The van der Waals surface area contributed by atoms with Crippen LogP contribution in [-0.4, -0.2) is 86.8 Å². The summed E-state index contributed by atoms with van der Waals surface area (Å²) in [5.41, 5.74) is 2.45. The van der Waals surface area contributed by atoms with Crippen LogP contribution in [0.25, 0.3) is 11.1 Å². The number of thioether (sulfide) groups is 1. The average Bonchev–Trinajstić information content (AvgIpc) is 3.58. The zero-order valence-corrected chi connectivity index (χ0v) is 25.3. The predicted molar refractivity (Wildman–Crippen MR) is 166 cm³/mol. The molecule has 12 heteroatoms. The van der Waals surface area contributed by atoms with E-state index < -0.39 is 0 Å². The minimum Gasteiger partial charge on any atom is -0.497 e. The molecule has 232 valence electrons. The van der Waals surface area contributed by atoms with Crippen molar-refractivity contribution >= 4 is 35.5 Å². The number of urea groups is 1. The Morgan fingerprint density at radius 1 is 0.884 bits per heavy atom. The summed E-state index contributed by atoms with van der Waals surface area (Å²) < 4.78 is 10.7. The van der Waals surface area contributed by atoms with Gasteiger partial charge in [0.1, 0.15) is 5.75 Å². The molecular formula is C31H41N5O6S. The van der Waals surface area contributed by atoms with Crippen LogP contribution in [0.3, 0.4) is 0 Å². The zero-order valence-electron chi connectivity index (χ0n) is 24.5. The Labute approximate surface area is 256 Å². The second kappa shape index (κ2) is 16.8. The van der Waals surface area contributed by atoms with Gasteiger partial charge in [-0.1, -0.05) is 30.7 Å². The molecule has 2 heterocycles. The lowest BCUT2D eigenvalue weighted by atomic mass is 10.0. The smallest absolute Gasteiger partial charge is 0.315 e. The van der Waals surface area contributed by atoms with Crippen LogP contribution in [0.15, 0.2) is 48.5 Å². The minimum atomic E-state index is -0.211. The SMILES string of the molecule is COc1ccc(-c2cccc(C(=O)NCCNC(=O)CCOCCNC(=O)CCCC[C@@H]3SC[C@@H]4NC(=O)N[C@@H]43)c2)cc1. The normalized spacial score (nSPS) is 18.7. The van der Waals surface area contributed by atoms with Crippen molar-refractivity contribution in [2.45, 2.75) is 49.4 Å². The quantitative estimate of drug-likeness (QED) is 0.136. The van der Waals surface area contributed by atoms with E-state index in [1.165, 1.54) is 0 Å². The van der Waals surface area contributed by atoms with Crippen molar-refractivity contribution in [1.82, 2.24) is 26.6 Å². The number of unbranched alkanes of at least 4 members (excludes halogenated alkanes) is 1. The van der Waals surface area contributed by atoms with Gasteiger partial charge in [0.15, 0.2) is 0 Å². The molecule has 43 heavy (non-hydrogen) atoms. The van der Waals surface area contributed by atoms with Gasteiger partial charge in [-0.2, -0.15) is 11.8 Å². The van der Waals surface area contributed by atoms with Gasteiger partial charge in [0.25, 0.3) is 5.91 Å². The highest BCUT2D eigenvalue weighted by atomic mass is 32.2. The number of fused-ring (bicyclic) bond motifs is 1. The molecule has 3 atom stereocenters. The molecule has 2 fully saturated rings. The first-order valence-corrected chi connectivity index (χ1v) is 15.8. The molecule has 0 spiro atoms. The van der Waals surface area contributed by atoms with Crippen molar-refractivity contribution in [1.29, 1.82) is 0 Å². The van der Waals surface area contributed by atoms with Gasteiger partial charge >= 0.3 is 6.03 Å². The van der Waals surface area contributed by atoms with Crippen LogP contribution >= 0.6 is 11.8 Å². The lowest BCUT2D eigenvalue weighted by Crippen LogP contribution is -2.36. The van der Waals surface area contributed by atoms with Crippen molar-refractivity contribution in [3.8, 4) is 16.9 Å². The average molecular weight is 612 g/mol. The van der Waals surface area contributed by atoms with E-state index in [0.717, 1.165) is 41.9 Å². The van der Waals surface area contributed by atoms with Gasteiger partial charge in [0, 0.05) is 49.0 Å². The van der Waals surface area contributed by atoms with Gasteiger partial charge in [0.2, 0.25) is 11.8 Å². The summed E-state index contributed by atoms with van der Waals surface area (Å²) in [5.74, 6) is 1.32. The molecule has 5 amide bonds. The van der Waals surface area contributed by atoms with Crippen molar-refractivity contribution in [3.05, 3.63) is 54.1 Å². The molecule has 11 nitrogen and oxygen atoms in total. The van der Waals surface area contributed by atoms with E-state index in [9.17, 15) is 19.2 Å². The molecule has 2 aliphatic heterocycles. The number of benzene rings is 2. The van der Waals surface area contributed by atoms with Gasteiger partial charge < -0.3 is 36.1 Å². The summed E-state index contributed by atoms with van der Waals surface area (Å²) in [4.78, 5) is 48.1. The van der Waals surface area contributed by atoms with Gasteiger partial charge in [-0.05, 0) is 48.2 Å². The third-order valence-corrected chi connectivity index (χ3v) is 8.91. The monoisotopic (exact) mass is 611 g/mol. The zero-order chi connectivity index (χ0) is 30.4. The number of hydrogen-bond acceptors (Lipinski definition) is 7. The van der Waals surface area contributed by atoms with Crippen molar-refractivity contribution < 1.29 is 28.7 Å². The highest BCUT2D eigenvalue weighted by Gasteiger charge is 2.42. The van der Waals surface area contributed by atoms with Gasteiger partial charge in [-0.25, -0.2) is 4.79 Å². The Morgan fingerprint density at radius 2 is 1.65 bits per heavy atom. The first kappa shape index (κ1) is 32.2. The van der Waals surface area contributed by atoms with E-state index in [-0.39, 0.29) is 48.9 Å². The van der Waals surface area contributed by atoms with Crippen LogP contribution in [0, 0.1) is 0 Å². The number of carbonyl (C=O) groups is 4. The van der Waals surface area contributed by atoms with Crippen LogP contribution < -0.4 is 31.3 Å². The van der Waals surface area contributed by atoms with Crippen molar-refractivity contribution in [2.75, 3.05) is 45.7 Å². The largest absolute Gasteiger partial charge is 0.497 e. The Bertz CT molecular complexity index is 1240. The molecule has 0 aromatic heterocycles. The fourth-order valence-corrected chi connectivity index (χ4v) is 6.63. The topological polar surface area (TPSA) is 147 Å². The Kier molecular flexibility index (Phi) is 12.5. The third kappa shape index (κ3) is 10.2. The number of nitrogens with one attached hydrogen (secondary N) is 5. The number of ether oxygens (including phenoxy) is 2. The molecule has 0 radical (unpaired) electrons. The Hall–Kier alpha value is -3.77. The molecule has 0 bridgehead atoms. The van der Waals surface area contributed by atoms with E-state index >= 15 is 0 Å². The number of rotatable bonds is 17. The first-order chi connectivity index (χ1) is 20.9. The molecule has 0 unspecified atom stereocenters. The second-order valence-electron chi connectivity index (χ2n) is 10.5. The summed E-state index contributed by atoms with van der Waals surface area (Å²) in [6, 6.07) is 15.3. The van der Waals surface area contributed by atoms with Crippen LogP contribution in [0.4, 0.5) is 4.79 Å². The summed E-state index contributed by atoms with van der Waals surface area (Å²) in [6.07, 6.45) is 3.39. The standard InChI is InChI=1S/C31H41N5O6S/c1-41-24-11-9-21(10-12-24)22-5-4-6-23(19-22)30(39)34-15-14-32-28(38)13-17-42-18-16-33-27(37)8-3-2-7-26-29-25(20-43-26)35-31(40)36-29/h4-6,9-12,19,25-26,29H,2-3,7-8,13-18,20H2,1H3,(H,32,38)(H,33,37)(H,34,39)(H2,35,36,40)/t25-,26-,29-/m0/s1. The third-order valence-electron chi connectivity index (χ3n) is 7.40. The lowest BCUT2D eigenvalue weighted by Gasteiger charge is -2.16. The van der Waals surface area contributed by atoms with Gasteiger partial charge in [-0.3, -0.25) is 14.4 Å². The van der Waals surface area contributed by atoms with Crippen LogP contribution in [0.2, 0.25) is 0 Å². The number of hydrogen-bond donors (Lipinski definition) is 5. The highest BCUT2D eigenvalue weighted by Crippen LogP contribution is 2.33. The summed E-state index contributed by atoms with van der Waals surface area (Å²) in [7, 11) is 1.62. The fraction of sp³-hybridized carbons (Fsp3) is 0.484. The highest BCUT2D eigenvalue weighted by molar-refractivity contribution is 8.00. The van der Waals surface area contributed by atoms with Gasteiger partial charge in [0.05, 0.1) is 32.4 Å². The lowest BCUT2D eigenvalue weighted by molar-refractivity contribution is -0.123. The van der Waals surface area contributed by atoms with E-state index in [1.807, 2.05) is 54.2 Å². The molecule has 2 aromatic carbocycles. The number of amides is 5. The van der Waals surface area contributed by atoms with Crippen LogP contribution in [0.1, 0.15) is 42.5 Å². The molecule has 4 rings (SSSR count). The minimum absolute atomic E-state index is 0.0105. The fourth-order valence-electron chi connectivity index (χ4n) is 5.08. The van der Waals surface area contributed by atoms with E-state index in [2.05, 4.69) is 26.6 Å². The molecule has 2 saturated heterocycles. The summed E-state index contributed by atoms with van der Waals surface area (Å²) in [5, 5.41) is 14.8. The summed E-state index contributed by atoms with van der Waals surface area (Å²) >= 11 is 1.88. The van der Waals surface area contributed by atoms with E-state index in [1.54, 1.807) is 13.2 Å². The van der Waals surface area contributed by atoms with Gasteiger partial charge in [-0.15, -0.1) is 0 Å². The summed E-state index contributed by atoms with van der Waals surface area (Å²) in [6.45, 7) is 1.59. The van der Waals surface area contributed by atoms with Crippen LogP contribution in [0.5, 0.6) is 5.75 Å². The van der Waals surface area contributed by atoms with Crippen molar-refractivity contribution in [3.63, 3.8) is 0 Å². The van der Waals surface area contributed by atoms with Crippen molar-refractivity contribution in [2.24, 2.45) is 0 Å². The number of carbonyl (C=O) groups excluding carboxylic acids is 4. The molecule has 0 saturated carbocycles. The second-order valence-corrected chi connectivity index (χ2v) is 11.8. The number of methoxy groups -OCH3 is 1. The predicted octanol–water partition coefficient (Wildman–Crippen LogP) is 2.46. The van der Waals surface area contributed by atoms with Crippen LogP contribution in [-0.2, 0) is 14.3 Å². The van der Waals surface area contributed by atoms with E-state index in [0.29, 0.717) is 43.5 Å². The molecule has 0 aliphatic carbocycles.